The summed E-state index contributed by atoms with van der Waals surface area (Å²) in [6.07, 6.45) is 10.0. The summed E-state index contributed by atoms with van der Waals surface area (Å²) < 4.78 is 42.8. The van der Waals surface area contributed by atoms with Crippen LogP contribution in [0.15, 0.2) is 42.9 Å². The van der Waals surface area contributed by atoms with E-state index in [0.717, 1.165) is 43.4 Å². The van der Waals surface area contributed by atoms with Crippen LogP contribution >= 0.6 is 0 Å². The molecule has 0 aliphatic heterocycles. The zero-order valence-electron chi connectivity index (χ0n) is 16.7. The molecule has 2 N–H and O–H groups in total. The number of aromatic nitrogens is 5. The van der Waals surface area contributed by atoms with Crippen LogP contribution in [-0.4, -0.2) is 30.9 Å². The minimum Gasteiger partial charge on any atom is -0.359 e. The minimum atomic E-state index is -1.03. The first-order valence-corrected chi connectivity index (χ1v) is 10.0. The van der Waals surface area contributed by atoms with Crippen LogP contribution in [0.4, 0.5) is 18.9 Å². The standard InChI is InChI=1S/C22H17F3N6O/c23-15-7-14-18(8-16(15)24)26-10-19(14)28-22(32)20-11-31(30-29-20)13-6-17(25)21(27-9-13)12-4-2-1-3-5-12/h4,6-11,26H,1-3,5H2,(H,28,32). The molecular formula is C22H17F3N6O. The molecule has 0 spiro atoms. The van der Waals surface area contributed by atoms with Crippen LogP contribution in [0.1, 0.15) is 41.9 Å². The molecule has 1 amide bonds. The number of anilines is 1. The van der Waals surface area contributed by atoms with E-state index in [2.05, 4.69) is 25.6 Å². The monoisotopic (exact) mass is 438 g/mol. The van der Waals surface area contributed by atoms with Gasteiger partial charge in [-0.05, 0) is 37.3 Å². The highest BCUT2D eigenvalue weighted by molar-refractivity contribution is 6.07. The van der Waals surface area contributed by atoms with Gasteiger partial charge in [0.2, 0.25) is 0 Å². The lowest BCUT2D eigenvalue weighted by Gasteiger charge is -2.13. The second-order valence-corrected chi connectivity index (χ2v) is 7.52. The summed E-state index contributed by atoms with van der Waals surface area (Å²) in [5, 5.41) is 10.6. The molecule has 3 heterocycles. The lowest BCUT2D eigenvalue weighted by atomic mass is 9.96. The largest absolute Gasteiger partial charge is 0.359 e. The molecule has 0 fully saturated rings. The van der Waals surface area contributed by atoms with Gasteiger partial charge in [-0.1, -0.05) is 11.3 Å². The van der Waals surface area contributed by atoms with E-state index in [1.54, 1.807) is 0 Å². The number of H-pyrrole nitrogens is 1. The molecule has 0 bridgehead atoms. The quantitative estimate of drug-likeness (QED) is 0.480. The van der Waals surface area contributed by atoms with Crippen molar-refractivity contribution in [3.63, 3.8) is 0 Å². The van der Waals surface area contributed by atoms with E-state index in [1.165, 1.54) is 29.3 Å². The second kappa shape index (κ2) is 7.95. The van der Waals surface area contributed by atoms with Crippen molar-refractivity contribution in [3.8, 4) is 5.69 Å². The Morgan fingerprint density at radius 1 is 1.09 bits per heavy atom. The van der Waals surface area contributed by atoms with Crippen molar-refractivity contribution in [1.29, 1.82) is 0 Å². The summed E-state index contributed by atoms with van der Waals surface area (Å²) in [7, 11) is 0. The number of aromatic amines is 1. The van der Waals surface area contributed by atoms with Gasteiger partial charge in [0.25, 0.3) is 5.91 Å². The van der Waals surface area contributed by atoms with Crippen molar-refractivity contribution < 1.29 is 18.0 Å². The number of benzene rings is 1. The molecule has 1 aliphatic carbocycles. The van der Waals surface area contributed by atoms with Crippen LogP contribution < -0.4 is 5.32 Å². The van der Waals surface area contributed by atoms with Gasteiger partial charge in [0.05, 0.1) is 29.3 Å². The maximum absolute atomic E-state index is 14.6. The van der Waals surface area contributed by atoms with E-state index in [1.807, 2.05) is 6.08 Å². The molecule has 1 aromatic carbocycles. The first-order chi connectivity index (χ1) is 15.5. The summed E-state index contributed by atoms with van der Waals surface area (Å²) in [6.45, 7) is 0. The molecule has 32 heavy (non-hydrogen) atoms. The molecule has 0 radical (unpaired) electrons. The Hall–Kier alpha value is -3.95. The summed E-state index contributed by atoms with van der Waals surface area (Å²) in [5.41, 5.74) is 2.10. The summed E-state index contributed by atoms with van der Waals surface area (Å²) in [5.74, 6) is -3.10. The van der Waals surface area contributed by atoms with Gasteiger partial charge in [-0.2, -0.15) is 0 Å². The first kappa shape index (κ1) is 20.0. The van der Waals surface area contributed by atoms with E-state index in [9.17, 15) is 18.0 Å². The number of amides is 1. The number of fused-ring (bicyclic) bond motifs is 1. The van der Waals surface area contributed by atoms with Crippen molar-refractivity contribution in [2.24, 2.45) is 0 Å². The van der Waals surface area contributed by atoms with Crippen molar-refractivity contribution in [3.05, 3.63) is 71.7 Å². The smallest absolute Gasteiger partial charge is 0.277 e. The first-order valence-electron chi connectivity index (χ1n) is 10.0. The number of nitrogens with zero attached hydrogens (tertiary/aromatic N) is 4. The molecule has 3 aromatic heterocycles. The Labute approximate surface area is 180 Å². The maximum Gasteiger partial charge on any atom is 0.277 e. The molecule has 7 nitrogen and oxygen atoms in total. The van der Waals surface area contributed by atoms with Crippen LogP contribution in [0.5, 0.6) is 0 Å². The lowest BCUT2D eigenvalue weighted by molar-refractivity contribution is 0.102. The Morgan fingerprint density at radius 2 is 1.94 bits per heavy atom. The van der Waals surface area contributed by atoms with Crippen molar-refractivity contribution in [1.82, 2.24) is 25.0 Å². The van der Waals surface area contributed by atoms with Crippen LogP contribution in [0, 0.1) is 17.5 Å². The van der Waals surface area contributed by atoms with Crippen LogP contribution in [-0.2, 0) is 0 Å². The SMILES string of the molecule is O=C(Nc1c[nH]c2cc(F)c(F)cc12)c1cn(-c2cnc(C3=CCCCC3)c(F)c2)nn1. The normalized spacial score (nSPS) is 13.9. The average Bonchev–Trinajstić information content (AvgIpc) is 3.43. The number of pyridine rings is 1. The highest BCUT2D eigenvalue weighted by Gasteiger charge is 2.17. The summed E-state index contributed by atoms with van der Waals surface area (Å²) in [6, 6.07) is 3.29. The summed E-state index contributed by atoms with van der Waals surface area (Å²) in [4.78, 5) is 19.6. The third-order valence-electron chi connectivity index (χ3n) is 5.38. The molecule has 162 valence electrons. The third-order valence-corrected chi connectivity index (χ3v) is 5.38. The zero-order chi connectivity index (χ0) is 22.2. The van der Waals surface area contributed by atoms with E-state index in [-0.39, 0.29) is 11.4 Å². The van der Waals surface area contributed by atoms with Gasteiger partial charge in [-0.3, -0.25) is 9.78 Å². The number of halogens is 3. The van der Waals surface area contributed by atoms with Gasteiger partial charge in [0, 0.05) is 23.7 Å². The summed E-state index contributed by atoms with van der Waals surface area (Å²) >= 11 is 0. The van der Waals surface area contributed by atoms with Crippen LogP contribution in [0.25, 0.3) is 22.2 Å². The van der Waals surface area contributed by atoms with Gasteiger partial charge < -0.3 is 10.3 Å². The number of rotatable bonds is 4. The molecular weight excluding hydrogens is 421 g/mol. The highest BCUT2D eigenvalue weighted by atomic mass is 19.2. The van der Waals surface area contributed by atoms with Crippen molar-refractivity contribution in [2.75, 3.05) is 5.32 Å². The Balaban J connectivity index is 1.37. The third kappa shape index (κ3) is 3.64. The average molecular weight is 438 g/mol. The van der Waals surface area contributed by atoms with E-state index in [0.29, 0.717) is 22.3 Å². The molecule has 5 rings (SSSR count). The van der Waals surface area contributed by atoms with E-state index >= 15 is 0 Å². The fraction of sp³-hybridized carbons (Fsp3) is 0.182. The predicted octanol–water partition coefficient (Wildman–Crippen LogP) is 4.77. The van der Waals surface area contributed by atoms with Gasteiger partial charge in [-0.15, -0.1) is 5.10 Å². The molecule has 0 unspecified atom stereocenters. The number of hydrogen-bond acceptors (Lipinski definition) is 4. The molecule has 0 saturated heterocycles. The van der Waals surface area contributed by atoms with Gasteiger partial charge >= 0.3 is 0 Å². The number of hydrogen-bond donors (Lipinski definition) is 2. The van der Waals surface area contributed by atoms with Crippen molar-refractivity contribution in [2.45, 2.75) is 25.7 Å². The molecule has 4 aromatic rings. The molecule has 10 heteroatoms. The predicted molar refractivity (Wildman–Crippen MR) is 112 cm³/mol. The Morgan fingerprint density at radius 3 is 2.72 bits per heavy atom. The number of carbonyl (C=O) groups is 1. The fourth-order valence-electron chi connectivity index (χ4n) is 3.74. The van der Waals surface area contributed by atoms with Crippen LogP contribution in [0.2, 0.25) is 0 Å². The minimum absolute atomic E-state index is 0.0404. The van der Waals surface area contributed by atoms with Gasteiger partial charge in [-0.25, -0.2) is 17.9 Å². The lowest BCUT2D eigenvalue weighted by Crippen LogP contribution is -2.12. The Bertz CT molecular complexity index is 1370. The molecule has 0 saturated carbocycles. The van der Waals surface area contributed by atoms with E-state index in [4.69, 9.17) is 0 Å². The Kier molecular flexibility index (Phi) is 4.96. The number of carbonyl (C=O) groups excluding carboxylic acids is 1. The highest BCUT2D eigenvalue weighted by Crippen LogP contribution is 2.28. The van der Waals surface area contributed by atoms with Gasteiger partial charge in [0.1, 0.15) is 5.69 Å². The maximum atomic E-state index is 14.6. The van der Waals surface area contributed by atoms with Crippen molar-refractivity contribution >= 4 is 28.1 Å². The van der Waals surface area contributed by atoms with Crippen LogP contribution in [0.3, 0.4) is 0 Å². The number of nitrogens with one attached hydrogen (secondary N) is 2. The topological polar surface area (TPSA) is 88.5 Å². The van der Waals surface area contributed by atoms with E-state index < -0.39 is 23.4 Å². The molecule has 0 atom stereocenters. The molecule has 1 aliphatic rings. The second-order valence-electron chi connectivity index (χ2n) is 7.52. The zero-order valence-corrected chi connectivity index (χ0v) is 16.7. The fourth-order valence-corrected chi connectivity index (χ4v) is 3.74. The van der Waals surface area contributed by atoms with Gasteiger partial charge in [0.15, 0.2) is 23.1 Å². The number of allylic oxidation sites excluding steroid dienone is 2.